The van der Waals surface area contributed by atoms with Crippen LogP contribution in [0.25, 0.3) is 0 Å². The molecular weight excluding hydrogens is 274 g/mol. The SMILES string of the molecule is CN[C@H]1CCN(c2cnnc(NC3CC4CCC5CC453)c2)C1. The predicted molar refractivity (Wildman–Crippen MR) is 87.0 cm³/mol. The van der Waals surface area contributed by atoms with Gasteiger partial charge >= 0.3 is 0 Å². The fourth-order valence-corrected chi connectivity index (χ4v) is 5.50. The van der Waals surface area contributed by atoms with E-state index in [-0.39, 0.29) is 0 Å². The quantitative estimate of drug-likeness (QED) is 0.889. The normalized spacial score (nSPS) is 41.8. The summed E-state index contributed by atoms with van der Waals surface area (Å²) in [6, 6.07) is 3.45. The maximum Gasteiger partial charge on any atom is 0.150 e. The molecule has 1 saturated heterocycles. The minimum Gasteiger partial charge on any atom is -0.369 e. The smallest absolute Gasteiger partial charge is 0.150 e. The van der Waals surface area contributed by atoms with Gasteiger partial charge in [-0.05, 0) is 56.4 Å². The van der Waals surface area contributed by atoms with Crippen LogP contribution in [0.3, 0.4) is 0 Å². The first-order chi connectivity index (χ1) is 10.8. The van der Waals surface area contributed by atoms with Gasteiger partial charge in [0.25, 0.3) is 0 Å². The lowest BCUT2D eigenvalue weighted by atomic mass is 9.67. The van der Waals surface area contributed by atoms with Crippen LogP contribution >= 0.6 is 0 Å². The summed E-state index contributed by atoms with van der Waals surface area (Å²) in [5.74, 6) is 2.98. The van der Waals surface area contributed by atoms with Gasteiger partial charge in [-0.15, -0.1) is 5.10 Å². The minimum absolute atomic E-state index is 0.599. The molecule has 4 unspecified atom stereocenters. The van der Waals surface area contributed by atoms with E-state index in [1.165, 1.54) is 37.8 Å². The Morgan fingerprint density at radius 3 is 2.95 bits per heavy atom. The highest BCUT2D eigenvalue weighted by Gasteiger charge is 2.72. The minimum atomic E-state index is 0.599. The van der Waals surface area contributed by atoms with E-state index in [1.807, 2.05) is 13.2 Å². The number of nitrogens with one attached hydrogen (secondary N) is 2. The van der Waals surface area contributed by atoms with Gasteiger partial charge in [0.05, 0.1) is 11.9 Å². The van der Waals surface area contributed by atoms with Crippen LogP contribution in [0.4, 0.5) is 11.5 Å². The number of nitrogens with zero attached hydrogens (tertiary/aromatic N) is 3. The van der Waals surface area contributed by atoms with Crippen molar-refractivity contribution in [1.82, 2.24) is 15.5 Å². The third-order valence-corrected chi connectivity index (χ3v) is 6.92. The maximum atomic E-state index is 4.33. The van der Waals surface area contributed by atoms with Crippen LogP contribution in [0.15, 0.2) is 12.3 Å². The van der Waals surface area contributed by atoms with Gasteiger partial charge in [-0.1, -0.05) is 0 Å². The van der Waals surface area contributed by atoms with Crippen molar-refractivity contribution in [3.8, 4) is 0 Å². The summed E-state index contributed by atoms with van der Waals surface area (Å²) >= 11 is 0. The second kappa shape index (κ2) is 4.57. The predicted octanol–water partition coefficient (Wildman–Crippen LogP) is 1.88. The number of likely N-dealkylation sites (N-methyl/N-ethyl adjacent to an activating group) is 1. The van der Waals surface area contributed by atoms with Crippen LogP contribution in [-0.4, -0.2) is 42.4 Å². The van der Waals surface area contributed by atoms with Gasteiger partial charge in [0.15, 0.2) is 5.82 Å². The zero-order chi connectivity index (χ0) is 14.7. The van der Waals surface area contributed by atoms with Crippen molar-refractivity contribution in [3.63, 3.8) is 0 Å². The lowest BCUT2D eigenvalue weighted by Gasteiger charge is -2.44. The lowest BCUT2D eigenvalue weighted by Crippen LogP contribution is -2.47. The standard InChI is InChI=1S/C17H25N5/c1-18-13-4-5-22(10-13)14-7-16(21-19-9-14)20-15-6-11-2-3-12-8-17(11,12)15/h7,9,11-13,15,18H,2-6,8,10H2,1H3,(H,20,21)/t11?,12?,13-,15?,17?/m0/s1. The van der Waals surface area contributed by atoms with Gasteiger partial charge in [0.1, 0.15) is 0 Å². The molecule has 5 heteroatoms. The molecule has 4 fully saturated rings. The Balaban J connectivity index is 1.29. The molecule has 0 radical (unpaired) electrons. The first-order valence-corrected chi connectivity index (χ1v) is 8.81. The van der Waals surface area contributed by atoms with E-state index in [4.69, 9.17) is 0 Å². The fraction of sp³-hybridized carbons (Fsp3) is 0.765. The molecule has 1 aromatic heterocycles. The Morgan fingerprint density at radius 2 is 2.18 bits per heavy atom. The molecule has 1 aromatic rings. The number of hydrogen-bond acceptors (Lipinski definition) is 5. The van der Waals surface area contributed by atoms with Gasteiger partial charge in [0.2, 0.25) is 0 Å². The number of anilines is 2. The van der Waals surface area contributed by atoms with Crippen LogP contribution in [0.1, 0.15) is 32.1 Å². The largest absolute Gasteiger partial charge is 0.369 e. The van der Waals surface area contributed by atoms with E-state index >= 15 is 0 Å². The Hall–Kier alpha value is -1.36. The first kappa shape index (κ1) is 13.1. The number of aromatic nitrogens is 2. The molecule has 3 saturated carbocycles. The third kappa shape index (κ3) is 1.75. The van der Waals surface area contributed by atoms with Crippen molar-refractivity contribution in [2.75, 3.05) is 30.4 Å². The first-order valence-electron chi connectivity index (χ1n) is 8.81. The molecule has 118 valence electrons. The van der Waals surface area contributed by atoms with Crippen LogP contribution in [-0.2, 0) is 0 Å². The molecule has 0 amide bonds. The second-order valence-corrected chi connectivity index (χ2v) is 7.74. The summed E-state index contributed by atoms with van der Waals surface area (Å²) < 4.78 is 0. The molecule has 4 aliphatic rings. The Labute approximate surface area is 131 Å². The summed E-state index contributed by atoms with van der Waals surface area (Å²) in [7, 11) is 2.05. The van der Waals surface area contributed by atoms with Crippen molar-refractivity contribution >= 4 is 11.5 Å². The molecule has 0 bridgehead atoms. The van der Waals surface area contributed by atoms with Crippen molar-refractivity contribution in [2.24, 2.45) is 17.3 Å². The van der Waals surface area contributed by atoms with Crippen molar-refractivity contribution < 1.29 is 0 Å². The van der Waals surface area contributed by atoms with Crippen LogP contribution < -0.4 is 15.5 Å². The highest BCUT2D eigenvalue weighted by molar-refractivity contribution is 5.54. The zero-order valence-electron chi connectivity index (χ0n) is 13.3. The maximum absolute atomic E-state index is 4.33. The summed E-state index contributed by atoms with van der Waals surface area (Å²) in [5, 5.41) is 15.6. The molecule has 2 N–H and O–H groups in total. The number of hydrogen-bond donors (Lipinski definition) is 2. The Bertz CT molecular complexity index is 590. The fourth-order valence-electron chi connectivity index (χ4n) is 5.50. The Kier molecular flexibility index (Phi) is 2.72. The summed E-state index contributed by atoms with van der Waals surface area (Å²) in [5.41, 5.74) is 1.87. The molecule has 5 atom stereocenters. The monoisotopic (exact) mass is 299 g/mol. The van der Waals surface area contributed by atoms with Crippen LogP contribution in [0.5, 0.6) is 0 Å². The summed E-state index contributed by atoms with van der Waals surface area (Å²) in [4.78, 5) is 2.42. The van der Waals surface area contributed by atoms with Crippen molar-refractivity contribution in [3.05, 3.63) is 12.3 Å². The third-order valence-electron chi connectivity index (χ3n) is 6.92. The number of rotatable bonds is 4. The van der Waals surface area contributed by atoms with Gasteiger partial charge in [-0.25, -0.2) is 0 Å². The topological polar surface area (TPSA) is 53.1 Å². The lowest BCUT2D eigenvalue weighted by molar-refractivity contribution is 0.137. The van der Waals surface area contributed by atoms with Gasteiger partial charge in [0, 0.05) is 31.2 Å². The van der Waals surface area contributed by atoms with Gasteiger partial charge in [-0.3, -0.25) is 0 Å². The molecule has 22 heavy (non-hydrogen) atoms. The van der Waals surface area contributed by atoms with Crippen molar-refractivity contribution in [2.45, 2.75) is 44.2 Å². The van der Waals surface area contributed by atoms with Crippen LogP contribution in [0, 0.1) is 17.3 Å². The molecule has 5 rings (SSSR count). The van der Waals surface area contributed by atoms with E-state index in [0.717, 1.165) is 30.7 Å². The molecule has 2 heterocycles. The second-order valence-electron chi connectivity index (χ2n) is 7.74. The van der Waals surface area contributed by atoms with Gasteiger partial charge < -0.3 is 15.5 Å². The molecule has 0 aromatic carbocycles. The Morgan fingerprint density at radius 1 is 1.27 bits per heavy atom. The van der Waals surface area contributed by atoms with E-state index in [9.17, 15) is 0 Å². The zero-order valence-corrected chi connectivity index (χ0v) is 13.3. The average Bonchev–Trinajstić information content (AvgIpc) is 3.01. The van der Waals surface area contributed by atoms with E-state index < -0.39 is 0 Å². The van der Waals surface area contributed by atoms with Crippen LogP contribution in [0.2, 0.25) is 0 Å². The molecule has 1 aliphatic heterocycles. The van der Waals surface area contributed by atoms with Gasteiger partial charge in [-0.2, -0.15) is 5.10 Å². The van der Waals surface area contributed by atoms with E-state index in [1.54, 1.807) is 0 Å². The molecule has 3 aliphatic carbocycles. The van der Waals surface area contributed by atoms with E-state index in [2.05, 4.69) is 31.8 Å². The molecular formula is C17H25N5. The van der Waals surface area contributed by atoms with E-state index in [0.29, 0.717) is 17.5 Å². The summed E-state index contributed by atoms with van der Waals surface area (Å²) in [6.45, 7) is 2.17. The highest BCUT2D eigenvalue weighted by atomic mass is 15.2. The molecule has 1 spiro atoms. The molecule has 5 nitrogen and oxygen atoms in total. The highest BCUT2D eigenvalue weighted by Crippen LogP contribution is 2.76. The average molecular weight is 299 g/mol. The van der Waals surface area contributed by atoms with Crippen molar-refractivity contribution in [1.29, 1.82) is 0 Å². The summed E-state index contributed by atoms with van der Waals surface area (Å²) in [6.07, 6.45) is 8.84.